The van der Waals surface area contributed by atoms with Crippen LogP contribution in [0, 0.1) is 5.92 Å². The number of nitrogens with one attached hydrogen (secondary N) is 1. The van der Waals surface area contributed by atoms with Crippen LogP contribution < -0.4 is 5.32 Å². The zero-order valence-corrected chi connectivity index (χ0v) is 26.4. The quantitative estimate of drug-likeness (QED) is 0.385. The number of methoxy groups -OCH3 is 1. The van der Waals surface area contributed by atoms with E-state index in [-0.39, 0.29) is 30.3 Å². The number of carbonyl (C=O) groups is 2. The van der Waals surface area contributed by atoms with Gasteiger partial charge in [-0.3, -0.25) is 14.7 Å². The van der Waals surface area contributed by atoms with Crippen molar-refractivity contribution in [3.05, 3.63) is 82.2 Å². The van der Waals surface area contributed by atoms with Gasteiger partial charge in [-0.2, -0.15) is 0 Å². The summed E-state index contributed by atoms with van der Waals surface area (Å²) in [6.07, 6.45) is 9.03. The third kappa shape index (κ3) is 5.86. The molecule has 2 aliphatic carbocycles. The van der Waals surface area contributed by atoms with Crippen LogP contribution in [0.3, 0.4) is 0 Å². The van der Waals surface area contributed by atoms with Crippen LogP contribution in [0.25, 0.3) is 11.6 Å². The molecule has 232 valence electrons. The molecule has 2 unspecified atom stereocenters. The van der Waals surface area contributed by atoms with Gasteiger partial charge in [0.1, 0.15) is 12.2 Å². The Hall–Kier alpha value is -3.73. The second-order valence-corrected chi connectivity index (χ2v) is 12.6. The van der Waals surface area contributed by atoms with Crippen molar-refractivity contribution >= 4 is 35.3 Å². The van der Waals surface area contributed by atoms with Gasteiger partial charge in [0.15, 0.2) is 0 Å². The summed E-state index contributed by atoms with van der Waals surface area (Å²) >= 11 is 6.65. The molecule has 2 atom stereocenters. The van der Waals surface area contributed by atoms with Crippen LogP contribution in [-0.2, 0) is 21.3 Å². The number of hydrogen-bond acceptors (Lipinski definition) is 7. The summed E-state index contributed by atoms with van der Waals surface area (Å²) in [6, 6.07) is 9.16. The Kier molecular flexibility index (Phi) is 8.50. The van der Waals surface area contributed by atoms with Gasteiger partial charge in [-0.05, 0) is 65.3 Å². The fourth-order valence-electron chi connectivity index (χ4n) is 6.41. The van der Waals surface area contributed by atoms with Gasteiger partial charge in [0, 0.05) is 51.6 Å². The number of pyridine rings is 1. The van der Waals surface area contributed by atoms with E-state index < -0.39 is 6.04 Å². The highest BCUT2D eigenvalue weighted by atomic mass is 35.5. The minimum atomic E-state index is -0.531. The standard InChI is InChI=1S/C33H39ClN6O4/c1-21(2)33(9-10-33)44-32(42)40-14-12-39(13-15-40)31-24-8-7-23(34)17-25(24)26(16-22-6-5-11-36-29(22)31)30(37-28(41)19-43-4)27-18-35-20-38(27)3/h5-8,11,16-18,20-21,30-31H,9-10,12-15,19H2,1-4H3,(H,37,41). The number of benzene rings is 1. The normalized spacial score (nSPS) is 19.8. The van der Waals surface area contributed by atoms with E-state index in [1.807, 2.05) is 40.9 Å². The maximum atomic E-state index is 13.1. The number of ether oxygens (including phenoxy) is 2. The first kappa shape index (κ1) is 30.3. The van der Waals surface area contributed by atoms with E-state index in [0.717, 1.165) is 46.5 Å². The molecule has 1 saturated heterocycles. The third-order valence-electron chi connectivity index (χ3n) is 9.13. The Morgan fingerprint density at radius 2 is 1.93 bits per heavy atom. The van der Waals surface area contributed by atoms with Crippen LogP contribution >= 0.6 is 11.6 Å². The van der Waals surface area contributed by atoms with Gasteiger partial charge in [-0.1, -0.05) is 37.6 Å². The minimum absolute atomic E-state index is 0.0736. The fraction of sp³-hybridized carbons (Fsp3) is 0.455. The molecule has 11 heteroatoms. The number of rotatable bonds is 8. The van der Waals surface area contributed by atoms with Gasteiger partial charge in [-0.25, -0.2) is 9.78 Å². The topological polar surface area (TPSA) is 102 Å². The van der Waals surface area contributed by atoms with Gasteiger partial charge in [0.25, 0.3) is 0 Å². The molecule has 3 heterocycles. The molecule has 0 radical (unpaired) electrons. The van der Waals surface area contributed by atoms with Crippen LogP contribution in [0.2, 0.25) is 5.02 Å². The summed E-state index contributed by atoms with van der Waals surface area (Å²) in [4.78, 5) is 39.5. The Morgan fingerprint density at radius 3 is 2.59 bits per heavy atom. The third-order valence-corrected chi connectivity index (χ3v) is 9.36. The molecule has 2 aromatic heterocycles. The van der Waals surface area contributed by atoms with Crippen molar-refractivity contribution in [3.63, 3.8) is 0 Å². The lowest BCUT2D eigenvalue weighted by Gasteiger charge is -2.40. The van der Waals surface area contributed by atoms with Gasteiger partial charge < -0.3 is 24.3 Å². The summed E-state index contributed by atoms with van der Waals surface area (Å²) in [5.74, 6) is 0.0598. The molecular formula is C33H39ClN6O4. The van der Waals surface area contributed by atoms with E-state index in [0.29, 0.717) is 37.1 Å². The van der Waals surface area contributed by atoms with Crippen LogP contribution in [-0.4, -0.2) is 81.8 Å². The van der Waals surface area contributed by atoms with E-state index >= 15 is 0 Å². The van der Waals surface area contributed by atoms with Gasteiger partial charge in [-0.15, -0.1) is 0 Å². The van der Waals surface area contributed by atoms with Crippen LogP contribution in [0.5, 0.6) is 0 Å². The maximum absolute atomic E-state index is 13.1. The summed E-state index contributed by atoms with van der Waals surface area (Å²) in [7, 11) is 3.40. The molecule has 3 aromatic rings. The van der Waals surface area contributed by atoms with Crippen molar-refractivity contribution < 1.29 is 19.1 Å². The van der Waals surface area contributed by atoms with Crippen LogP contribution in [0.4, 0.5) is 4.79 Å². The predicted molar refractivity (Wildman–Crippen MR) is 168 cm³/mol. The van der Waals surface area contributed by atoms with Crippen LogP contribution in [0.15, 0.2) is 49.1 Å². The predicted octanol–water partition coefficient (Wildman–Crippen LogP) is 4.86. The SMILES string of the molecule is COCC(=O)NC(C1=Cc2cccnc2C(N2CCN(C(=O)OC3(C(C)C)CC3)CC2)c2ccc(Cl)cc21)c1cncn1C. The van der Waals surface area contributed by atoms with Crippen molar-refractivity contribution in [2.75, 3.05) is 39.9 Å². The number of aromatic nitrogens is 3. The van der Waals surface area contributed by atoms with E-state index in [1.165, 1.54) is 7.11 Å². The number of imidazole rings is 1. The second-order valence-electron chi connectivity index (χ2n) is 12.2. The number of carbonyl (C=O) groups excluding carboxylic acids is 2. The summed E-state index contributed by atoms with van der Waals surface area (Å²) < 4.78 is 13.0. The molecule has 0 bridgehead atoms. The summed E-state index contributed by atoms with van der Waals surface area (Å²) in [5.41, 5.74) is 5.18. The Balaban J connectivity index is 1.36. The molecule has 6 rings (SSSR count). The highest BCUT2D eigenvalue weighted by molar-refractivity contribution is 6.30. The fourth-order valence-corrected chi connectivity index (χ4v) is 6.58. The number of aryl methyl sites for hydroxylation is 1. The van der Waals surface area contributed by atoms with Gasteiger partial charge >= 0.3 is 6.09 Å². The van der Waals surface area contributed by atoms with Crippen molar-refractivity contribution in [2.24, 2.45) is 13.0 Å². The molecule has 0 spiro atoms. The van der Waals surface area contributed by atoms with Crippen molar-refractivity contribution in [1.29, 1.82) is 0 Å². The molecule has 44 heavy (non-hydrogen) atoms. The second kappa shape index (κ2) is 12.3. The lowest BCUT2D eigenvalue weighted by Crippen LogP contribution is -2.51. The Labute approximate surface area is 263 Å². The first-order valence-electron chi connectivity index (χ1n) is 15.1. The number of hydrogen-bond donors (Lipinski definition) is 1. The van der Waals surface area contributed by atoms with Gasteiger partial charge in [0.05, 0.1) is 36.0 Å². The van der Waals surface area contributed by atoms with E-state index in [9.17, 15) is 9.59 Å². The molecule has 1 aliphatic heterocycles. The molecule has 1 saturated carbocycles. The first-order chi connectivity index (χ1) is 21.2. The first-order valence-corrected chi connectivity index (χ1v) is 15.5. The lowest BCUT2D eigenvalue weighted by molar-refractivity contribution is -0.125. The summed E-state index contributed by atoms with van der Waals surface area (Å²) in [5, 5.41) is 3.75. The maximum Gasteiger partial charge on any atom is 0.410 e. The molecule has 3 aliphatic rings. The average Bonchev–Trinajstić information content (AvgIpc) is 3.70. The van der Waals surface area contributed by atoms with Crippen LogP contribution in [0.1, 0.15) is 66.9 Å². The molecule has 2 fully saturated rings. The zero-order valence-electron chi connectivity index (χ0n) is 25.6. The lowest BCUT2D eigenvalue weighted by atomic mass is 9.89. The molecule has 10 nitrogen and oxygen atoms in total. The molecule has 1 aromatic carbocycles. The largest absolute Gasteiger partial charge is 0.443 e. The number of piperazine rings is 1. The van der Waals surface area contributed by atoms with E-state index in [1.54, 1.807) is 12.5 Å². The van der Waals surface area contributed by atoms with Crippen molar-refractivity contribution in [1.82, 2.24) is 29.7 Å². The smallest absolute Gasteiger partial charge is 0.410 e. The van der Waals surface area contributed by atoms with Crippen molar-refractivity contribution in [3.8, 4) is 0 Å². The molecule has 1 N–H and O–H groups in total. The van der Waals surface area contributed by atoms with Crippen molar-refractivity contribution in [2.45, 2.75) is 44.4 Å². The molecule has 2 amide bonds. The number of fused-ring (bicyclic) bond motifs is 2. The minimum Gasteiger partial charge on any atom is -0.443 e. The Morgan fingerprint density at radius 1 is 1.16 bits per heavy atom. The number of amides is 2. The highest BCUT2D eigenvalue weighted by Crippen LogP contribution is 2.47. The molecular weight excluding hydrogens is 580 g/mol. The zero-order chi connectivity index (χ0) is 31.0. The van der Waals surface area contributed by atoms with Gasteiger partial charge in [0.2, 0.25) is 5.91 Å². The van der Waals surface area contributed by atoms with E-state index in [4.69, 9.17) is 26.1 Å². The number of nitrogens with zero attached hydrogens (tertiary/aromatic N) is 5. The monoisotopic (exact) mass is 618 g/mol. The Bertz CT molecular complexity index is 1570. The average molecular weight is 619 g/mol. The van der Waals surface area contributed by atoms with E-state index in [2.05, 4.69) is 47.3 Å². The summed E-state index contributed by atoms with van der Waals surface area (Å²) in [6.45, 7) is 6.56. The number of halogens is 1. The highest BCUT2D eigenvalue weighted by Gasteiger charge is 2.50.